The average molecular weight is 311 g/mol. The summed E-state index contributed by atoms with van der Waals surface area (Å²) in [5, 5.41) is 3.17. The first kappa shape index (κ1) is 15.4. The minimum absolute atomic E-state index is 0.397. The van der Waals surface area contributed by atoms with E-state index in [2.05, 4.69) is 20.2 Å². The predicted molar refractivity (Wildman–Crippen MR) is 88.7 cm³/mol. The number of nitrogens with two attached hydrogens (primary N) is 1. The van der Waals surface area contributed by atoms with E-state index in [4.69, 9.17) is 5.73 Å². The van der Waals surface area contributed by atoms with Gasteiger partial charge in [-0.15, -0.1) is 0 Å². The molecule has 1 aliphatic heterocycles. The summed E-state index contributed by atoms with van der Waals surface area (Å²) in [7, 11) is 0. The van der Waals surface area contributed by atoms with Crippen LogP contribution in [-0.4, -0.2) is 29.0 Å². The lowest BCUT2D eigenvalue weighted by atomic mass is 10.1. The largest absolute Gasteiger partial charge is 0.368 e. The Hall–Kier alpha value is -2.47. The molecule has 1 atom stereocenters. The van der Waals surface area contributed by atoms with E-state index in [-0.39, 0.29) is 0 Å². The quantitative estimate of drug-likeness (QED) is 0.842. The summed E-state index contributed by atoms with van der Waals surface area (Å²) < 4.78 is 0. The molecule has 1 aromatic carbocycles. The summed E-state index contributed by atoms with van der Waals surface area (Å²) in [6.07, 6.45) is 6.00. The Balaban J connectivity index is 1.63. The van der Waals surface area contributed by atoms with E-state index in [9.17, 15) is 4.79 Å². The highest BCUT2D eigenvalue weighted by Gasteiger charge is 2.17. The van der Waals surface area contributed by atoms with Crippen molar-refractivity contribution >= 4 is 11.9 Å². The lowest BCUT2D eigenvalue weighted by molar-refractivity contribution is -0.120. The maximum Gasteiger partial charge on any atom is 0.239 e. The summed E-state index contributed by atoms with van der Waals surface area (Å²) in [5.41, 5.74) is 7.28. The third-order valence-corrected chi connectivity index (χ3v) is 4.01. The monoisotopic (exact) mass is 311 g/mol. The van der Waals surface area contributed by atoms with Gasteiger partial charge in [-0.2, -0.15) is 0 Å². The highest BCUT2D eigenvalue weighted by molar-refractivity contribution is 5.81. The van der Waals surface area contributed by atoms with Crippen molar-refractivity contribution in [2.45, 2.75) is 25.4 Å². The van der Waals surface area contributed by atoms with Gasteiger partial charge in [0.15, 0.2) is 0 Å². The standard InChI is InChI=1S/C17H21N5O/c18-16(23)15(14-6-2-1-3-7-14)19-10-13-11-20-17(21-12-13)22-8-4-5-9-22/h1-3,6-7,11-12,15,19H,4-5,8-10H2,(H2,18,23). The molecule has 1 unspecified atom stereocenters. The van der Waals surface area contributed by atoms with Crippen molar-refractivity contribution in [3.05, 3.63) is 53.9 Å². The average Bonchev–Trinajstić information content (AvgIpc) is 3.11. The summed E-state index contributed by atoms with van der Waals surface area (Å²) in [4.78, 5) is 22.7. The first-order chi connectivity index (χ1) is 11.2. The zero-order valence-corrected chi connectivity index (χ0v) is 13.0. The number of nitrogens with one attached hydrogen (secondary N) is 1. The molecule has 1 aromatic heterocycles. The van der Waals surface area contributed by atoms with Gasteiger partial charge >= 0.3 is 0 Å². The fourth-order valence-electron chi connectivity index (χ4n) is 2.77. The molecule has 0 bridgehead atoms. The van der Waals surface area contributed by atoms with Crippen LogP contribution in [0.3, 0.4) is 0 Å². The zero-order valence-electron chi connectivity index (χ0n) is 13.0. The van der Waals surface area contributed by atoms with E-state index in [1.54, 1.807) is 12.4 Å². The van der Waals surface area contributed by atoms with Gasteiger partial charge in [0.25, 0.3) is 0 Å². The summed E-state index contributed by atoms with van der Waals surface area (Å²) >= 11 is 0. The van der Waals surface area contributed by atoms with Crippen LogP contribution in [0.25, 0.3) is 0 Å². The topological polar surface area (TPSA) is 84.1 Å². The van der Waals surface area contributed by atoms with Gasteiger partial charge < -0.3 is 10.6 Å². The van der Waals surface area contributed by atoms with E-state index in [1.807, 2.05) is 30.3 Å². The lowest BCUT2D eigenvalue weighted by Gasteiger charge is -2.17. The number of anilines is 1. The molecule has 1 amide bonds. The van der Waals surface area contributed by atoms with Crippen LogP contribution in [-0.2, 0) is 11.3 Å². The molecule has 2 aromatic rings. The van der Waals surface area contributed by atoms with E-state index in [0.717, 1.165) is 30.2 Å². The number of hydrogen-bond acceptors (Lipinski definition) is 5. The third kappa shape index (κ3) is 3.84. The molecule has 1 fully saturated rings. The van der Waals surface area contributed by atoms with Crippen LogP contribution in [0.2, 0.25) is 0 Å². The second-order valence-electron chi connectivity index (χ2n) is 5.71. The zero-order chi connectivity index (χ0) is 16.1. The van der Waals surface area contributed by atoms with Crippen LogP contribution < -0.4 is 16.0 Å². The summed E-state index contributed by atoms with van der Waals surface area (Å²) in [6, 6.07) is 8.94. The first-order valence-electron chi connectivity index (χ1n) is 7.87. The minimum Gasteiger partial charge on any atom is -0.368 e. The highest BCUT2D eigenvalue weighted by atomic mass is 16.1. The van der Waals surface area contributed by atoms with Crippen LogP contribution in [0.5, 0.6) is 0 Å². The lowest BCUT2D eigenvalue weighted by Crippen LogP contribution is -2.33. The van der Waals surface area contributed by atoms with Gasteiger partial charge in [-0.3, -0.25) is 10.1 Å². The Labute approximate surface area is 135 Å². The molecule has 120 valence electrons. The van der Waals surface area contributed by atoms with Gasteiger partial charge in [-0.05, 0) is 18.4 Å². The Bertz CT molecular complexity index is 638. The van der Waals surface area contributed by atoms with Gasteiger partial charge in [-0.25, -0.2) is 9.97 Å². The highest BCUT2D eigenvalue weighted by Crippen LogP contribution is 2.16. The Morgan fingerprint density at radius 1 is 1.17 bits per heavy atom. The van der Waals surface area contributed by atoms with Crippen LogP contribution >= 0.6 is 0 Å². The van der Waals surface area contributed by atoms with Crippen molar-refractivity contribution in [1.82, 2.24) is 15.3 Å². The van der Waals surface area contributed by atoms with Gasteiger partial charge in [0.05, 0.1) is 0 Å². The number of nitrogens with zero attached hydrogens (tertiary/aromatic N) is 3. The minimum atomic E-state index is -0.519. The number of rotatable bonds is 6. The maximum atomic E-state index is 11.7. The molecule has 0 aliphatic carbocycles. The number of amides is 1. The number of benzene rings is 1. The molecule has 0 saturated carbocycles. The summed E-state index contributed by atoms with van der Waals surface area (Å²) in [5.74, 6) is 0.381. The molecule has 0 radical (unpaired) electrons. The van der Waals surface area contributed by atoms with Crippen molar-refractivity contribution in [2.75, 3.05) is 18.0 Å². The number of primary amides is 1. The van der Waals surface area contributed by atoms with Gasteiger partial charge in [0.1, 0.15) is 6.04 Å². The smallest absolute Gasteiger partial charge is 0.239 e. The van der Waals surface area contributed by atoms with Crippen LogP contribution in [0.4, 0.5) is 5.95 Å². The van der Waals surface area contributed by atoms with Crippen LogP contribution in [0.15, 0.2) is 42.7 Å². The Morgan fingerprint density at radius 3 is 2.43 bits per heavy atom. The fourth-order valence-corrected chi connectivity index (χ4v) is 2.77. The Kier molecular flexibility index (Phi) is 4.83. The molecular weight excluding hydrogens is 290 g/mol. The number of carbonyl (C=O) groups excluding carboxylic acids is 1. The predicted octanol–water partition coefficient (Wildman–Crippen LogP) is 1.39. The van der Waals surface area contributed by atoms with Crippen LogP contribution in [0.1, 0.15) is 30.0 Å². The van der Waals surface area contributed by atoms with Crippen molar-refractivity contribution in [1.29, 1.82) is 0 Å². The van der Waals surface area contributed by atoms with Gasteiger partial charge in [0.2, 0.25) is 11.9 Å². The first-order valence-corrected chi connectivity index (χ1v) is 7.87. The molecule has 3 N–H and O–H groups in total. The molecule has 3 rings (SSSR count). The van der Waals surface area contributed by atoms with Crippen molar-refractivity contribution in [3.63, 3.8) is 0 Å². The summed E-state index contributed by atoms with van der Waals surface area (Å²) in [6.45, 7) is 2.54. The number of aromatic nitrogens is 2. The third-order valence-electron chi connectivity index (χ3n) is 4.01. The van der Waals surface area contributed by atoms with E-state index in [1.165, 1.54) is 12.8 Å². The van der Waals surface area contributed by atoms with Crippen molar-refractivity contribution < 1.29 is 4.79 Å². The van der Waals surface area contributed by atoms with Crippen molar-refractivity contribution in [2.24, 2.45) is 5.73 Å². The molecule has 1 saturated heterocycles. The second kappa shape index (κ2) is 7.19. The number of carbonyl (C=O) groups is 1. The molecule has 6 nitrogen and oxygen atoms in total. The second-order valence-corrected chi connectivity index (χ2v) is 5.71. The van der Waals surface area contributed by atoms with Crippen LogP contribution in [0, 0.1) is 0 Å². The van der Waals surface area contributed by atoms with Crippen molar-refractivity contribution in [3.8, 4) is 0 Å². The molecule has 6 heteroatoms. The SMILES string of the molecule is NC(=O)C(NCc1cnc(N2CCCC2)nc1)c1ccccc1. The Morgan fingerprint density at radius 2 is 1.83 bits per heavy atom. The number of hydrogen-bond donors (Lipinski definition) is 2. The molecular formula is C17H21N5O. The van der Waals surface area contributed by atoms with Gasteiger partial charge in [-0.1, -0.05) is 30.3 Å². The normalized spacial score (nSPS) is 15.6. The fraction of sp³-hybridized carbons (Fsp3) is 0.353. The van der Waals surface area contributed by atoms with E-state index in [0.29, 0.717) is 6.54 Å². The molecule has 0 spiro atoms. The van der Waals surface area contributed by atoms with E-state index < -0.39 is 11.9 Å². The van der Waals surface area contributed by atoms with E-state index >= 15 is 0 Å². The molecule has 23 heavy (non-hydrogen) atoms. The molecule has 2 heterocycles. The maximum absolute atomic E-state index is 11.7. The van der Waals surface area contributed by atoms with Gasteiger partial charge in [0, 0.05) is 37.6 Å². The molecule has 1 aliphatic rings.